The van der Waals surface area contributed by atoms with Gasteiger partial charge in [0.25, 0.3) is 10.0 Å². The first-order valence-electron chi connectivity index (χ1n) is 6.90. The number of benzene rings is 2. The molecule has 0 saturated carbocycles. The molecule has 2 aromatic carbocycles. The van der Waals surface area contributed by atoms with E-state index in [1.54, 1.807) is 6.07 Å². The largest absolute Gasteiger partial charge is 0.418 e. The van der Waals surface area contributed by atoms with Crippen molar-refractivity contribution in [1.82, 2.24) is 16.5 Å². The number of sulfonamides is 1. The normalized spacial score (nSPS) is 14.4. The van der Waals surface area contributed by atoms with Gasteiger partial charge < -0.3 is 0 Å². The van der Waals surface area contributed by atoms with Gasteiger partial charge in [-0.2, -0.15) is 13.2 Å². The first-order chi connectivity index (χ1) is 11.8. The summed E-state index contributed by atoms with van der Waals surface area (Å²) in [5, 5.41) is 3.84. The molecular formula is C14H12F3N5O2S. The third-order valence-electron chi connectivity index (χ3n) is 3.30. The maximum absolute atomic E-state index is 13.0. The van der Waals surface area contributed by atoms with E-state index in [9.17, 15) is 21.6 Å². The molecule has 0 fully saturated rings. The van der Waals surface area contributed by atoms with E-state index in [1.165, 1.54) is 30.3 Å². The van der Waals surface area contributed by atoms with Gasteiger partial charge in [0.15, 0.2) is 5.84 Å². The number of anilines is 1. The topological polar surface area (TPSA) is 94.6 Å². The molecule has 0 spiro atoms. The van der Waals surface area contributed by atoms with Crippen molar-refractivity contribution in [3.63, 3.8) is 0 Å². The lowest BCUT2D eigenvalue weighted by atomic mass is 10.2. The summed E-state index contributed by atoms with van der Waals surface area (Å²) in [4.78, 5) is -0.196. The zero-order valence-electron chi connectivity index (χ0n) is 12.4. The van der Waals surface area contributed by atoms with Gasteiger partial charge in [0.05, 0.1) is 16.1 Å². The fraction of sp³-hybridized carbons (Fsp3) is 0.0714. The van der Waals surface area contributed by atoms with E-state index in [4.69, 9.17) is 0 Å². The number of amidine groups is 1. The van der Waals surface area contributed by atoms with Crippen molar-refractivity contribution in [2.24, 2.45) is 5.10 Å². The van der Waals surface area contributed by atoms with E-state index in [-0.39, 0.29) is 4.90 Å². The Bertz CT molecular complexity index is 928. The fourth-order valence-electron chi connectivity index (χ4n) is 2.17. The van der Waals surface area contributed by atoms with Gasteiger partial charge in [0.2, 0.25) is 0 Å². The number of nitrogens with zero attached hydrogens (tertiary/aromatic N) is 1. The van der Waals surface area contributed by atoms with Crippen molar-refractivity contribution in [2.75, 3.05) is 4.72 Å². The van der Waals surface area contributed by atoms with Gasteiger partial charge in [-0.15, -0.1) is 10.6 Å². The summed E-state index contributed by atoms with van der Waals surface area (Å²) in [6, 6.07) is 10.00. The maximum atomic E-state index is 13.0. The smallest absolute Gasteiger partial charge is 0.285 e. The summed E-state index contributed by atoms with van der Waals surface area (Å²) in [5.74, 6) is 0.341. The van der Waals surface area contributed by atoms with Gasteiger partial charge in [-0.3, -0.25) is 10.1 Å². The molecule has 11 heteroatoms. The van der Waals surface area contributed by atoms with Crippen LogP contribution in [0.3, 0.4) is 0 Å². The molecule has 3 rings (SSSR count). The third-order valence-corrected chi connectivity index (χ3v) is 4.66. The van der Waals surface area contributed by atoms with Crippen LogP contribution in [-0.4, -0.2) is 14.3 Å². The van der Waals surface area contributed by atoms with Crippen LogP contribution in [0, 0.1) is 0 Å². The van der Waals surface area contributed by atoms with E-state index in [1.807, 2.05) is 4.72 Å². The van der Waals surface area contributed by atoms with Gasteiger partial charge in [-0.1, -0.05) is 24.3 Å². The molecule has 0 saturated heterocycles. The molecule has 4 N–H and O–H groups in total. The van der Waals surface area contributed by atoms with E-state index in [2.05, 4.69) is 21.6 Å². The minimum atomic E-state index is -4.68. The second kappa shape index (κ2) is 6.26. The molecule has 2 aromatic rings. The van der Waals surface area contributed by atoms with Crippen molar-refractivity contribution < 1.29 is 21.6 Å². The van der Waals surface area contributed by atoms with Crippen LogP contribution in [-0.2, 0) is 16.2 Å². The lowest BCUT2D eigenvalue weighted by molar-refractivity contribution is -0.136. The lowest BCUT2D eigenvalue weighted by Crippen LogP contribution is -2.35. The van der Waals surface area contributed by atoms with Crippen LogP contribution < -0.4 is 21.2 Å². The highest BCUT2D eigenvalue weighted by Crippen LogP contribution is 2.35. The van der Waals surface area contributed by atoms with E-state index >= 15 is 0 Å². The summed E-state index contributed by atoms with van der Waals surface area (Å²) in [7, 11) is -4.22. The Morgan fingerprint density at radius 2 is 1.80 bits per heavy atom. The zero-order valence-corrected chi connectivity index (χ0v) is 13.2. The van der Waals surface area contributed by atoms with E-state index in [0.29, 0.717) is 11.4 Å². The molecule has 132 valence electrons. The van der Waals surface area contributed by atoms with Crippen LogP contribution in [0.4, 0.5) is 18.9 Å². The highest BCUT2D eigenvalue weighted by molar-refractivity contribution is 7.92. The van der Waals surface area contributed by atoms with Crippen LogP contribution in [0.15, 0.2) is 58.5 Å². The second-order valence-electron chi connectivity index (χ2n) is 5.00. The Hall–Kier alpha value is -2.79. The van der Waals surface area contributed by atoms with Crippen LogP contribution in [0.1, 0.15) is 11.1 Å². The molecule has 7 nitrogen and oxygen atoms in total. The molecule has 1 aliphatic rings. The van der Waals surface area contributed by atoms with Crippen molar-refractivity contribution in [1.29, 1.82) is 0 Å². The first kappa shape index (κ1) is 17.0. The molecule has 0 amide bonds. The van der Waals surface area contributed by atoms with Crippen molar-refractivity contribution >= 4 is 21.5 Å². The highest BCUT2D eigenvalue weighted by Gasteiger charge is 2.34. The SMILES string of the molecule is O=S(=O)(Nc1ccccc1C(F)(F)F)c1cccc(C2=NNNN2)c1. The third kappa shape index (κ3) is 3.67. The van der Waals surface area contributed by atoms with Crippen LogP contribution in [0.25, 0.3) is 0 Å². The van der Waals surface area contributed by atoms with Crippen molar-refractivity contribution in [2.45, 2.75) is 11.1 Å². The van der Waals surface area contributed by atoms with E-state index < -0.39 is 27.5 Å². The molecule has 0 aromatic heterocycles. The molecule has 1 heterocycles. The predicted octanol–water partition coefficient (Wildman–Crippen LogP) is 1.78. The lowest BCUT2D eigenvalue weighted by Gasteiger charge is -2.15. The van der Waals surface area contributed by atoms with Crippen molar-refractivity contribution in [3.05, 3.63) is 59.7 Å². The van der Waals surface area contributed by atoms with Gasteiger partial charge in [0, 0.05) is 5.56 Å². The summed E-state index contributed by atoms with van der Waals surface area (Å²) in [5.41, 5.74) is 6.41. The Balaban J connectivity index is 1.95. The van der Waals surface area contributed by atoms with Crippen LogP contribution in [0.5, 0.6) is 0 Å². The molecule has 0 radical (unpaired) electrons. The number of alkyl halides is 3. The number of para-hydroxylation sites is 1. The maximum Gasteiger partial charge on any atom is 0.418 e. The standard InChI is InChI=1S/C14H12F3N5O2S/c15-14(16,17)11-6-1-2-7-12(11)20-25(23,24)10-5-3-4-9(8-10)13-18-21-22-19-13/h1-8,20-22H,(H,18,19). The van der Waals surface area contributed by atoms with Crippen LogP contribution in [0.2, 0.25) is 0 Å². The van der Waals surface area contributed by atoms with Crippen molar-refractivity contribution in [3.8, 4) is 0 Å². The Kier molecular flexibility index (Phi) is 4.27. The molecule has 25 heavy (non-hydrogen) atoms. The summed E-state index contributed by atoms with van der Waals surface area (Å²) in [6.45, 7) is 0. The summed E-state index contributed by atoms with van der Waals surface area (Å²) >= 11 is 0. The average molecular weight is 371 g/mol. The second-order valence-corrected chi connectivity index (χ2v) is 6.68. The molecule has 0 aliphatic carbocycles. The minimum Gasteiger partial charge on any atom is -0.285 e. The number of halogens is 3. The Labute approximate surface area is 140 Å². The zero-order chi connectivity index (χ0) is 18.1. The molecule has 0 atom stereocenters. The fourth-order valence-corrected chi connectivity index (χ4v) is 3.29. The van der Waals surface area contributed by atoms with Gasteiger partial charge in [-0.25, -0.2) is 14.0 Å². The Morgan fingerprint density at radius 3 is 2.48 bits per heavy atom. The number of rotatable bonds is 4. The monoisotopic (exact) mass is 371 g/mol. The average Bonchev–Trinajstić information content (AvgIpc) is 3.09. The highest BCUT2D eigenvalue weighted by atomic mass is 32.2. The first-order valence-corrected chi connectivity index (χ1v) is 8.39. The molecule has 0 unspecified atom stereocenters. The molecular weight excluding hydrogens is 359 g/mol. The number of hydrazone groups is 1. The van der Waals surface area contributed by atoms with Gasteiger partial charge in [-0.05, 0) is 24.3 Å². The predicted molar refractivity (Wildman–Crippen MR) is 84.6 cm³/mol. The number of hydrogen-bond donors (Lipinski definition) is 4. The van der Waals surface area contributed by atoms with Gasteiger partial charge in [0.1, 0.15) is 0 Å². The quantitative estimate of drug-likeness (QED) is 0.657. The van der Waals surface area contributed by atoms with Crippen LogP contribution >= 0.6 is 0 Å². The van der Waals surface area contributed by atoms with E-state index in [0.717, 1.165) is 12.1 Å². The number of hydrogen-bond acceptors (Lipinski definition) is 6. The molecule has 1 aliphatic heterocycles. The Morgan fingerprint density at radius 1 is 1.04 bits per heavy atom. The summed E-state index contributed by atoms with van der Waals surface area (Å²) in [6.07, 6.45) is -4.68. The minimum absolute atomic E-state index is 0.196. The number of nitrogens with one attached hydrogen (secondary N) is 4. The summed E-state index contributed by atoms with van der Waals surface area (Å²) < 4.78 is 66.0. The molecule has 0 bridgehead atoms. The van der Waals surface area contributed by atoms with Gasteiger partial charge >= 0.3 is 6.18 Å². The number of hydrazine groups is 2.